The van der Waals surface area contributed by atoms with Crippen molar-refractivity contribution >= 4 is 52.8 Å². The summed E-state index contributed by atoms with van der Waals surface area (Å²) in [6.45, 7) is 0. The van der Waals surface area contributed by atoms with Crippen LogP contribution in [0.2, 0.25) is 0 Å². The maximum absolute atomic E-state index is 13.5. The summed E-state index contributed by atoms with van der Waals surface area (Å²) < 4.78 is 16.1. The first kappa shape index (κ1) is 31.9. The molecular weight excluding hydrogens is 606 g/mol. The number of nitrogens with zero attached hydrogens (tertiary/aromatic N) is 1. The van der Waals surface area contributed by atoms with E-state index in [1.165, 1.54) is 37.0 Å². The van der Waals surface area contributed by atoms with Crippen LogP contribution in [-0.2, 0) is 14.4 Å². The number of thioether (sulfide) groups is 1. The molecule has 4 amide bonds. The van der Waals surface area contributed by atoms with Gasteiger partial charge in [0.1, 0.15) is 11.4 Å². The Kier molecular flexibility index (Phi) is 10.0. The smallest absolute Gasteiger partial charge is 0.272 e. The fourth-order valence-corrected chi connectivity index (χ4v) is 5.86. The molecule has 0 aromatic heterocycles. The fraction of sp³-hybridized carbons (Fsp3) is 0.143. The van der Waals surface area contributed by atoms with E-state index in [0.29, 0.717) is 39.8 Å². The Morgan fingerprint density at radius 1 is 0.826 bits per heavy atom. The molecule has 1 unspecified atom stereocenters. The van der Waals surface area contributed by atoms with Crippen LogP contribution in [0.3, 0.4) is 0 Å². The van der Waals surface area contributed by atoms with Crippen molar-refractivity contribution < 1.29 is 33.4 Å². The van der Waals surface area contributed by atoms with E-state index < -0.39 is 17.1 Å². The molecule has 0 spiro atoms. The first-order chi connectivity index (χ1) is 22.3. The van der Waals surface area contributed by atoms with Crippen molar-refractivity contribution in [1.82, 2.24) is 5.32 Å². The number of carbonyl (C=O) groups is 4. The average Bonchev–Trinajstić information content (AvgIpc) is 3.36. The number of amides is 4. The molecule has 0 radical (unpaired) electrons. The number of methoxy groups -OCH3 is 3. The zero-order valence-electron chi connectivity index (χ0n) is 25.3. The summed E-state index contributed by atoms with van der Waals surface area (Å²) in [4.78, 5) is 54.3. The van der Waals surface area contributed by atoms with Gasteiger partial charge in [0.25, 0.3) is 11.8 Å². The van der Waals surface area contributed by atoms with E-state index in [-0.39, 0.29) is 23.9 Å². The molecule has 0 aliphatic carbocycles. The molecule has 1 saturated heterocycles. The van der Waals surface area contributed by atoms with E-state index in [0.717, 1.165) is 4.90 Å². The lowest BCUT2D eigenvalue weighted by atomic mass is 10.1. The van der Waals surface area contributed by atoms with E-state index in [9.17, 15) is 19.2 Å². The number of imide groups is 1. The second-order valence-corrected chi connectivity index (χ2v) is 11.3. The van der Waals surface area contributed by atoms with Crippen molar-refractivity contribution in [2.24, 2.45) is 0 Å². The highest BCUT2D eigenvalue weighted by Crippen LogP contribution is 2.35. The molecule has 2 N–H and O–H groups in total. The van der Waals surface area contributed by atoms with Crippen LogP contribution in [0.15, 0.2) is 108 Å². The van der Waals surface area contributed by atoms with Crippen molar-refractivity contribution in [3.8, 4) is 17.2 Å². The van der Waals surface area contributed by atoms with Gasteiger partial charge in [-0.25, -0.2) is 4.90 Å². The maximum Gasteiger partial charge on any atom is 0.272 e. The number of hydrogen-bond acceptors (Lipinski definition) is 8. The lowest BCUT2D eigenvalue weighted by Gasteiger charge is -2.15. The van der Waals surface area contributed by atoms with Crippen LogP contribution in [0.5, 0.6) is 17.2 Å². The minimum Gasteiger partial charge on any atom is -0.497 e. The third kappa shape index (κ3) is 7.22. The van der Waals surface area contributed by atoms with Gasteiger partial charge < -0.3 is 24.8 Å². The molecule has 0 bridgehead atoms. The highest BCUT2D eigenvalue weighted by Gasteiger charge is 2.40. The highest BCUT2D eigenvalue weighted by molar-refractivity contribution is 8.00. The number of ether oxygens (including phenoxy) is 3. The summed E-state index contributed by atoms with van der Waals surface area (Å²) in [5.74, 6) is -0.113. The van der Waals surface area contributed by atoms with Crippen LogP contribution >= 0.6 is 11.8 Å². The molecule has 11 heteroatoms. The maximum atomic E-state index is 13.5. The first-order valence-electron chi connectivity index (χ1n) is 14.2. The Balaban J connectivity index is 1.31. The number of hydrogen-bond donors (Lipinski definition) is 2. The van der Waals surface area contributed by atoms with Crippen LogP contribution in [0.4, 0.5) is 11.4 Å². The lowest BCUT2D eigenvalue weighted by molar-refractivity contribution is -0.121. The zero-order chi connectivity index (χ0) is 32.6. The van der Waals surface area contributed by atoms with E-state index in [4.69, 9.17) is 14.2 Å². The summed E-state index contributed by atoms with van der Waals surface area (Å²) in [5.41, 5.74) is 1.83. The van der Waals surface area contributed by atoms with Crippen molar-refractivity contribution in [1.29, 1.82) is 0 Å². The van der Waals surface area contributed by atoms with Crippen molar-refractivity contribution in [3.63, 3.8) is 0 Å². The molecule has 4 aromatic rings. The zero-order valence-corrected chi connectivity index (χ0v) is 26.1. The monoisotopic (exact) mass is 637 g/mol. The van der Waals surface area contributed by atoms with Gasteiger partial charge in [0.05, 0.1) is 32.3 Å². The van der Waals surface area contributed by atoms with Crippen LogP contribution < -0.4 is 29.7 Å². The van der Waals surface area contributed by atoms with E-state index in [2.05, 4.69) is 10.6 Å². The lowest BCUT2D eigenvalue weighted by Crippen LogP contribution is -2.31. The first-order valence-corrected chi connectivity index (χ1v) is 15.1. The van der Waals surface area contributed by atoms with Gasteiger partial charge in [0, 0.05) is 28.1 Å². The summed E-state index contributed by atoms with van der Waals surface area (Å²) >= 11 is 1.27. The summed E-state index contributed by atoms with van der Waals surface area (Å²) in [5, 5.41) is 4.94. The van der Waals surface area contributed by atoms with Crippen LogP contribution in [0.1, 0.15) is 22.3 Å². The molecule has 1 aliphatic heterocycles. The molecule has 1 atom stereocenters. The van der Waals surface area contributed by atoms with Crippen molar-refractivity contribution in [2.45, 2.75) is 16.6 Å². The number of anilines is 2. The fourth-order valence-electron chi connectivity index (χ4n) is 4.80. The minimum atomic E-state index is -0.587. The average molecular weight is 638 g/mol. The third-order valence-corrected chi connectivity index (χ3v) is 8.29. The van der Waals surface area contributed by atoms with E-state index in [1.54, 1.807) is 104 Å². The molecular formula is C35H31N3O7S. The Labute approximate surface area is 270 Å². The van der Waals surface area contributed by atoms with Gasteiger partial charge in [-0.3, -0.25) is 19.2 Å². The number of para-hydroxylation sites is 1. The van der Waals surface area contributed by atoms with Gasteiger partial charge >= 0.3 is 0 Å². The van der Waals surface area contributed by atoms with Gasteiger partial charge in [-0.15, -0.1) is 11.8 Å². The summed E-state index contributed by atoms with van der Waals surface area (Å²) in [6.07, 6.45) is 1.58. The predicted octanol–water partition coefficient (Wildman–Crippen LogP) is 5.55. The Bertz CT molecular complexity index is 1770. The Hall–Kier alpha value is -5.55. The second kappa shape index (κ2) is 14.5. The van der Waals surface area contributed by atoms with Crippen LogP contribution in [-0.4, -0.2) is 50.2 Å². The number of nitrogens with one attached hydrogen (secondary N) is 2. The number of rotatable bonds is 11. The summed E-state index contributed by atoms with van der Waals surface area (Å²) in [7, 11) is 4.54. The standard InChI is InChI=1S/C35H31N3O7S/c1-43-26-16-14-25(15-17-26)38-31(39)21-30(35(38)42)46-27-18-12-24(13-19-27)36-34(41)28(37-33(40)22-8-5-4-6-9-22)20-23-10-7-11-29(44-2)32(23)45-3/h4-20,30H,21H2,1-3H3,(H,36,41)(H,37,40)/b28-20-. The number of carbonyl (C=O) groups excluding carboxylic acids is 4. The molecule has 46 heavy (non-hydrogen) atoms. The third-order valence-electron chi connectivity index (χ3n) is 7.09. The van der Waals surface area contributed by atoms with Gasteiger partial charge in [0.2, 0.25) is 11.8 Å². The van der Waals surface area contributed by atoms with Crippen molar-refractivity contribution in [3.05, 3.63) is 114 Å². The van der Waals surface area contributed by atoms with Gasteiger partial charge in [-0.2, -0.15) is 0 Å². The van der Waals surface area contributed by atoms with Gasteiger partial charge in [-0.05, 0) is 72.8 Å². The Morgan fingerprint density at radius 3 is 2.20 bits per heavy atom. The molecule has 5 rings (SSSR count). The molecule has 10 nitrogen and oxygen atoms in total. The molecule has 4 aromatic carbocycles. The quantitative estimate of drug-likeness (QED) is 0.162. The van der Waals surface area contributed by atoms with Gasteiger partial charge in [-0.1, -0.05) is 30.3 Å². The molecule has 1 fully saturated rings. The van der Waals surface area contributed by atoms with Crippen molar-refractivity contribution in [2.75, 3.05) is 31.5 Å². The molecule has 1 aliphatic rings. The normalized spacial score (nSPS) is 14.5. The largest absolute Gasteiger partial charge is 0.497 e. The predicted molar refractivity (Wildman–Crippen MR) is 176 cm³/mol. The highest BCUT2D eigenvalue weighted by atomic mass is 32.2. The van der Waals surface area contributed by atoms with Gasteiger partial charge in [0.15, 0.2) is 11.5 Å². The topological polar surface area (TPSA) is 123 Å². The number of benzene rings is 4. The molecule has 0 saturated carbocycles. The SMILES string of the molecule is COc1ccc(N2C(=O)CC(Sc3ccc(NC(=O)/C(=C/c4cccc(OC)c4OC)NC(=O)c4ccccc4)cc3)C2=O)cc1. The minimum absolute atomic E-state index is 0.0208. The van der Waals surface area contributed by atoms with Crippen LogP contribution in [0.25, 0.3) is 6.08 Å². The Morgan fingerprint density at radius 2 is 1.54 bits per heavy atom. The molecule has 1 heterocycles. The molecule has 234 valence electrons. The second-order valence-electron chi connectivity index (χ2n) is 10.0. The van der Waals surface area contributed by atoms with E-state index in [1.807, 2.05) is 0 Å². The summed E-state index contributed by atoms with van der Waals surface area (Å²) in [6, 6.07) is 27.4. The van der Waals surface area contributed by atoms with Crippen LogP contribution in [0, 0.1) is 0 Å². The van der Waals surface area contributed by atoms with E-state index >= 15 is 0 Å².